The number of hydrogen-bond acceptors (Lipinski definition) is 3. The molecule has 0 aliphatic carbocycles. The predicted molar refractivity (Wildman–Crippen MR) is 57.3 cm³/mol. The van der Waals surface area contributed by atoms with Crippen molar-refractivity contribution in [3.05, 3.63) is 0 Å². The second-order valence-electron chi connectivity index (χ2n) is 4.79. The molecule has 0 aromatic carbocycles. The topological polar surface area (TPSA) is 92.4 Å². The van der Waals surface area contributed by atoms with Crippen molar-refractivity contribution in [3.8, 4) is 0 Å². The Morgan fingerprint density at radius 3 is 2.13 bits per heavy atom. The number of nitrogens with one attached hydrogen (secondary N) is 1. The summed E-state index contributed by atoms with van der Waals surface area (Å²) >= 11 is 0. The summed E-state index contributed by atoms with van der Waals surface area (Å²) in [7, 11) is 0. The lowest BCUT2D eigenvalue weighted by molar-refractivity contribution is -0.143. The fourth-order valence-electron chi connectivity index (χ4n) is 1.15. The van der Waals surface area contributed by atoms with Gasteiger partial charge in [-0.1, -0.05) is 13.8 Å². The summed E-state index contributed by atoms with van der Waals surface area (Å²) in [5.74, 6) is -1.50. The first-order valence-electron chi connectivity index (χ1n) is 4.94. The van der Waals surface area contributed by atoms with Crippen LogP contribution < -0.4 is 11.1 Å². The van der Waals surface area contributed by atoms with E-state index in [-0.39, 0.29) is 18.2 Å². The van der Waals surface area contributed by atoms with E-state index in [0.29, 0.717) is 0 Å². The molecule has 5 heteroatoms. The molecule has 15 heavy (non-hydrogen) atoms. The third kappa shape index (κ3) is 6.06. The summed E-state index contributed by atoms with van der Waals surface area (Å²) in [4.78, 5) is 22.2. The number of carboxylic acids is 1. The van der Waals surface area contributed by atoms with Crippen molar-refractivity contribution in [3.63, 3.8) is 0 Å². The second-order valence-corrected chi connectivity index (χ2v) is 4.79. The molecule has 0 bridgehead atoms. The Kier molecular flexibility index (Phi) is 4.74. The predicted octanol–water partition coefficient (Wildman–Crippen LogP) is 0.339. The van der Waals surface area contributed by atoms with E-state index in [1.807, 2.05) is 0 Å². The first-order chi connectivity index (χ1) is 6.63. The lowest BCUT2D eigenvalue weighted by Crippen LogP contribution is -2.47. The summed E-state index contributed by atoms with van der Waals surface area (Å²) < 4.78 is 0. The number of hydrogen-bond donors (Lipinski definition) is 3. The number of aliphatic carboxylic acids is 1. The molecule has 0 aromatic rings. The third-order valence-electron chi connectivity index (χ3n) is 1.87. The zero-order valence-electron chi connectivity index (χ0n) is 9.70. The van der Waals surface area contributed by atoms with Crippen molar-refractivity contribution in [2.45, 2.75) is 45.7 Å². The van der Waals surface area contributed by atoms with E-state index in [2.05, 4.69) is 5.32 Å². The Morgan fingerprint density at radius 1 is 1.40 bits per heavy atom. The Hall–Kier alpha value is -1.10. The Bertz CT molecular complexity index is 244. The molecule has 0 spiro atoms. The van der Waals surface area contributed by atoms with Gasteiger partial charge in [-0.2, -0.15) is 0 Å². The highest BCUT2D eigenvalue weighted by molar-refractivity contribution is 5.84. The molecule has 0 fully saturated rings. The van der Waals surface area contributed by atoms with E-state index >= 15 is 0 Å². The fraction of sp³-hybridized carbons (Fsp3) is 0.800. The summed E-state index contributed by atoms with van der Waals surface area (Å²) in [6.07, 6.45) is 0.115. The number of carbonyl (C=O) groups excluding carboxylic acids is 1. The average molecular weight is 216 g/mol. The van der Waals surface area contributed by atoms with Gasteiger partial charge in [0.25, 0.3) is 0 Å². The van der Waals surface area contributed by atoms with Crippen LogP contribution in [0.25, 0.3) is 0 Å². The SMILES string of the molecule is CC(C)[C@H](NC(=O)CC(C)(C)N)C(=O)O. The molecular weight excluding hydrogens is 196 g/mol. The van der Waals surface area contributed by atoms with Gasteiger partial charge in [0, 0.05) is 12.0 Å². The summed E-state index contributed by atoms with van der Waals surface area (Å²) in [6, 6.07) is -0.847. The molecule has 0 radical (unpaired) electrons. The van der Waals surface area contributed by atoms with E-state index in [1.165, 1.54) is 0 Å². The summed E-state index contributed by atoms with van der Waals surface area (Å²) in [5.41, 5.74) is 5.04. The van der Waals surface area contributed by atoms with Crippen molar-refractivity contribution in [2.75, 3.05) is 0 Å². The highest BCUT2D eigenvalue weighted by atomic mass is 16.4. The van der Waals surface area contributed by atoms with Gasteiger partial charge < -0.3 is 16.2 Å². The van der Waals surface area contributed by atoms with Crippen molar-refractivity contribution in [2.24, 2.45) is 11.7 Å². The maximum absolute atomic E-state index is 11.4. The zero-order valence-corrected chi connectivity index (χ0v) is 9.70. The largest absolute Gasteiger partial charge is 0.480 e. The molecule has 0 saturated carbocycles. The van der Waals surface area contributed by atoms with Gasteiger partial charge in [-0.25, -0.2) is 4.79 Å². The first-order valence-corrected chi connectivity index (χ1v) is 4.94. The Morgan fingerprint density at radius 2 is 1.87 bits per heavy atom. The van der Waals surface area contributed by atoms with Crippen LogP contribution in [-0.4, -0.2) is 28.6 Å². The van der Waals surface area contributed by atoms with E-state index in [9.17, 15) is 9.59 Å². The van der Waals surface area contributed by atoms with Crippen molar-refractivity contribution < 1.29 is 14.7 Å². The Balaban J connectivity index is 4.31. The average Bonchev–Trinajstić information content (AvgIpc) is 1.95. The molecule has 0 heterocycles. The van der Waals surface area contributed by atoms with Crippen LogP contribution in [0.3, 0.4) is 0 Å². The van der Waals surface area contributed by atoms with Crippen LogP contribution in [0.15, 0.2) is 0 Å². The standard InChI is InChI=1S/C10H20N2O3/c1-6(2)8(9(14)15)12-7(13)5-10(3,4)11/h6,8H,5,11H2,1-4H3,(H,12,13)(H,14,15)/t8-/m0/s1. The second kappa shape index (κ2) is 5.11. The summed E-state index contributed by atoms with van der Waals surface area (Å²) in [5, 5.41) is 11.3. The zero-order chi connectivity index (χ0) is 12.2. The van der Waals surface area contributed by atoms with Gasteiger partial charge in [0.2, 0.25) is 5.91 Å². The summed E-state index contributed by atoms with van der Waals surface area (Å²) in [6.45, 7) is 6.93. The van der Waals surface area contributed by atoms with E-state index in [1.54, 1.807) is 27.7 Å². The number of amides is 1. The highest BCUT2D eigenvalue weighted by Crippen LogP contribution is 2.06. The molecule has 0 aromatic heterocycles. The molecule has 1 amide bonds. The van der Waals surface area contributed by atoms with Gasteiger partial charge in [-0.05, 0) is 19.8 Å². The van der Waals surface area contributed by atoms with Gasteiger partial charge in [0.1, 0.15) is 6.04 Å². The van der Waals surface area contributed by atoms with Gasteiger partial charge in [-0.15, -0.1) is 0 Å². The minimum atomic E-state index is -1.02. The first kappa shape index (κ1) is 13.9. The maximum Gasteiger partial charge on any atom is 0.326 e. The number of carbonyl (C=O) groups is 2. The van der Waals surface area contributed by atoms with Crippen molar-refractivity contribution >= 4 is 11.9 Å². The van der Waals surface area contributed by atoms with Crippen LogP contribution in [-0.2, 0) is 9.59 Å². The minimum Gasteiger partial charge on any atom is -0.480 e. The molecule has 1 atom stereocenters. The third-order valence-corrected chi connectivity index (χ3v) is 1.87. The van der Waals surface area contributed by atoms with Crippen molar-refractivity contribution in [1.82, 2.24) is 5.32 Å². The van der Waals surface area contributed by atoms with Gasteiger partial charge in [0.15, 0.2) is 0 Å². The maximum atomic E-state index is 11.4. The monoisotopic (exact) mass is 216 g/mol. The van der Waals surface area contributed by atoms with Crippen LogP contribution in [0.2, 0.25) is 0 Å². The molecule has 0 aliphatic rings. The molecule has 0 aliphatic heterocycles. The molecule has 5 nitrogen and oxygen atoms in total. The van der Waals surface area contributed by atoms with Gasteiger partial charge in [0.05, 0.1) is 0 Å². The van der Waals surface area contributed by atoms with Crippen LogP contribution in [0.1, 0.15) is 34.1 Å². The normalized spacial score (nSPS) is 13.7. The lowest BCUT2D eigenvalue weighted by Gasteiger charge is -2.22. The molecule has 4 N–H and O–H groups in total. The van der Waals surface area contributed by atoms with Gasteiger partial charge >= 0.3 is 5.97 Å². The van der Waals surface area contributed by atoms with Crippen LogP contribution in [0.4, 0.5) is 0 Å². The van der Waals surface area contributed by atoms with Crippen LogP contribution >= 0.6 is 0 Å². The molecule has 0 rings (SSSR count). The smallest absolute Gasteiger partial charge is 0.326 e. The molecular formula is C10H20N2O3. The van der Waals surface area contributed by atoms with E-state index in [0.717, 1.165) is 0 Å². The number of carboxylic acid groups (broad SMARTS) is 1. The molecule has 88 valence electrons. The van der Waals surface area contributed by atoms with E-state index in [4.69, 9.17) is 10.8 Å². The Labute approximate surface area is 90.0 Å². The van der Waals surface area contributed by atoms with Gasteiger partial charge in [-0.3, -0.25) is 4.79 Å². The minimum absolute atomic E-state index is 0.115. The quantitative estimate of drug-likeness (QED) is 0.618. The van der Waals surface area contributed by atoms with E-state index < -0.39 is 17.6 Å². The van der Waals surface area contributed by atoms with Crippen LogP contribution in [0.5, 0.6) is 0 Å². The highest BCUT2D eigenvalue weighted by Gasteiger charge is 2.25. The van der Waals surface area contributed by atoms with Crippen molar-refractivity contribution in [1.29, 1.82) is 0 Å². The molecule has 0 saturated heterocycles. The number of rotatable bonds is 5. The van der Waals surface area contributed by atoms with Crippen LogP contribution in [0, 0.1) is 5.92 Å². The molecule has 0 unspecified atom stereocenters. The number of nitrogens with two attached hydrogens (primary N) is 1. The fourth-order valence-corrected chi connectivity index (χ4v) is 1.15. The lowest BCUT2D eigenvalue weighted by atomic mass is 10.00.